The molecule has 0 heteroatoms. The van der Waals surface area contributed by atoms with E-state index in [1.807, 2.05) is 0 Å². The number of hydrogen-bond acceptors (Lipinski definition) is 0. The van der Waals surface area contributed by atoms with Crippen molar-refractivity contribution in [1.82, 2.24) is 0 Å². The van der Waals surface area contributed by atoms with Crippen LogP contribution in [0.3, 0.4) is 0 Å². The van der Waals surface area contributed by atoms with E-state index in [0.29, 0.717) is 0 Å². The molecule has 1 unspecified atom stereocenters. The molecule has 0 saturated heterocycles. The Kier molecular flexibility index (Phi) is 3.94. The van der Waals surface area contributed by atoms with E-state index in [1.54, 1.807) is 0 Å². The lowest BCUT2D eigenvalue weighted by molar-refractivity contribution is 0.414. The number of hydrogen-bond donors (Lipinski definition) is 0. The summed E-state index contributed by atoms with van der Waals surface area (Å²) in [5, 5.41) is 0. The predicted molar refractivity (Wildman–Crippen MR) is 38.6 cm³/mol. The summed E-state index contributed by atoms with van der Waals surface area (Å²) in [4.78, 5) is 0. The van der Waals surface area contributed by atoms with E-state index in [1.165, 1.54) is 6.42 Å². The van der Waals surface area contributed by atoms with Gasteiger partial charge in [-0.2, -0.15) is 0 Å². The van der Waals surface area contributed by atoms with Crippen molar-refractivity contribution in [2.24, 2.45) is 11.8 Å². The Bertz CT molecular complexity index is 46.0. The molecule has 0 heterocycles. The molecule has 0 aromatic rings. The molecule has 0 aromatic carbocycles. The molecular weight excluding hydrogens is 96.1 g/mol. The molecule has 1 atom stereocenters. The molecule has 0 nitrogen and oxygen atoms in total. The summed E-state index contributed by atoms with van der Waals surface area (Å²) in [5.41, 5.74) is 0. The molecule has 0 aromatic heterocycles. The SMILES string of the molecule is C[CH]CC(C)C(C)C. The van der Waals surface area contributed by atoms with Crippen LogP contribution in [0.15, 0.2) is 0 Å². The lowest BCUT2D eigenvalue weighted by atomic mass is 9.94. The zero-order chi connectivity index (χ0) is 6.57. The molecule has 0 N–H and O–H groups in total. The van der Waals surface area contributed by atoms with E-state index in [4.69, 9.17) is 0 Å². The maximum absolute atomic E-state index is 2.30. The molecule has 0 aliphatic rings. The van der Waals surface area contributed by atoms with Crippen LogP contribution in [0.2, 0.25) is 0 Å². The van der Waals surface area contributed by atoms with Gasteiger partial charge >= 0.3 is 0 Å². The molecule has 0 aliphatic carbocycles. The molecular formula is C8H17. The smallest absolute Gasteiger partial charge is 0.0414 e. The predicted octanol–water partition coefficient (Wildman–Crippen LogP) is 2.89. The van der Waals surface area contributed by atoms with Gasteiger partial charge in [-0.05, 0) is 24.7 Å². The Balaban J connectivity index is 3.17. The number of rotatable bonds is 3. The standard InChI is InChI=1S/C8H17/c1-5-6-8(4)7(2)3/h5,7-8H,6H2,1-4H3. The van der Waals surface area contributed by atoms with Crippen molar-refractivity contribution < 1.29 is 0 Å². The highest BCUT2D eigenvalue weighted by molar-refractivity contribution is 4.64. The zero-order valence-corrected chi connectivity index (χ0v) is 6.44. The van der Waals surface area contributed by atoms with Crippen LogP contribution in [0.1, 0.15) is 34.1 Å². The molecule has 0 bridgehead atoms. The van der Waals surface area contributed by atoms with Gasteiger partial charge in [-0.3, -0.25) is 0 Å². The minimum Gasteiger partial charge on any atom is -0.0625 e. The van der Waals surface area contributed by atoms with Gasteiger partial charge in [0.25, 0.3) is 0 Å². The molecule has 0 spiro atoms. The molecule has 8 heavy (non-hydrogen) atoms. The van der Waals surface area contributed by atoms with Crippen LogP contribution < -0.4 is 0 Å². The van der Waals surface area contributed by atoms with E-state index < -0.39 is 0 Å². The first-order chi connectivity index (χ1) is 3.68. The molecule has 1 radical (unpaired) electrons. The monoisotopic (exact) mass is 113 g/mol. The Hall–Kier alpha value is 0. The van der Waals surface area contributed by atoms with Crippen LogP contribution in [0.4, 0.5) is 0 Å². The minimum absolute atomic E-state index is 0.839. The lowest BCUT2D eigenvalue weighted by Gasteiger charge is -2.12. The van der Waals surface area contributed by atoms with E-state index in [0.717, 1.165) is 11.8 Å². The third kappa shape index (κ3) is 3.06. The van der Waals surface area contributed by atoms with Crippen molar-refractivity contribution >= 4 is 0 Å². The van der Waals surface area contributed by atoms with Crippen molar-refractivity contribution in [1.29, 1.82) is 0 Å². The fourth-order valence-electron chi connectivity index (χ4n) is 0.644. The van der Waals surface area contributed by atoms with Gasteiger partial charge in [0.1, 0.15) is 0 Å². The summed E-state index contributed by atoms with van der Waals surface area (Å²) in [6, 6.07) is 0. The average Bonchev–Trinajstić information content (AvgIpc) is 1.67. The van der Waals surface area contributed by atoms with E-state index >= 15 is 0 Å². The molecule has 49 valence electrons. The lowest BCUT2D eigenvalue weighted by Crippen LogP contribution is -2.02. The van der Waals surface area contributed by atoms with Crippen molar-refractivity contribution in [2.75, 3.05) is 0 Å². The topological polar surface area (TPSA) is 0 Å². The Morgan fingerprint density at radius 2 is 1.75 bits per heavy atom. The van der Waals surface area contributed by atoms with Gasteiger partial charge in [0.15, 0.2) is 0 Å². The second-order valence-electron chi connectivity index (χ2n) is 2.87. The first kappa shape index (κ1) is 8.00. The van der Waals surface area contributed by atoms with Crippen molar-refractivity contribution in [3.63, 3.8) is 0 Å². The molecule has 0 saturated carbocycles. The maximum Gasteiger partial charge on any atom is -0.0414 e. The third-order valence-electron chi connectivity index (χ3n) is 1.75. The summed E-state index contributed by atoms with van der Waals surface area (Å²) in [6.07, 6.45) is 3.50. The van der Waals surface area contributed by atoms with Gasteiger partial charge in [-0.25, -0.2) is 0 Å². The van der Waals surface area contributed by atoms with Crippen molar-refractivity contribution in [2.45, 2.75) is 34.1 Å². The highest BCUT2D eigenvalue weighted by Crippen LogP contribution is 2.14. The molecule has 0 rings (SSSR count). The summed E-state index contributed by atoms with van der Waals surface area (Å²) < 4.78 is 0. The minimum atomic E-state index is 0.839. The Labute approximate surface area is 53.3 Å². The molecule has 0 amide bonds. The highest BCUT2D eigenvalue weighted by atomic mass is 14.1. The van der Waals surface area contributed by atoms with Crippen LogP contribution in [-0.4, -0.2) is 0 Å². The van der Waals surface area contributed by atoms with Gasteiger partial charge in [-0.15, -0.1) is 0 Å². The first-order valence-corrected chi connectivity index (χ1v) is 3.46. The van der Waals surface area contributed by atoms with Crippen LogP contribution in [0.5, 0.6) is 0 Å². The molecule has 0 aliphatic heterocycles. The second-order valence-corrected chi connectivity index (χ2v) is 2.87. The van der Waals surface area contributed by atoms with Crippen LogP contribution >= 0.6 is 0 Å². The Morgan fingerprint density at radius 1 is 1.25 bits per heavy atom. The summed E-state index contributed by atoms with van der Waals surface area (Å²) in [6.45, 7) is 8.96. The van der Waals surface area contributed by atoms with Gasteiger partial charge in [0, 0.05) is 0 Å². The third-order valence-corrected chi connectivity index (χ3v) is 1.75. The zero-order valence-electron chi connectivity index (χ0n) is 6.44. The normalized spacial score (nSPS) is 14.6. The van der Waals surface area contributed by atoms with Crippen LogP contribution in [0, 0.1) is 18.3 Å². The van der Waals surface area contributed by atoms with Gasteiger partial charge in [0.05, 0.1) is 0 Å². The van der Waals surface area contributed by atoms with Crippen LogP contribution in [-0.2, 0) is 0 Å². The quantitative estimate of drug-likeness (QED) is 0.528. The van der Waals surface area contributed by atoms with Gasteiger partial charge in [0.2, 0.25) is 0 Å². The summed E-state index contributed by atoms with van der Waals surface area (Å²) in [5.74, 6) is 1.70. The summed E-state index contributed by atoms with van der Waals surface area (Å²) in [7, 11) is 0. The average molecular weight is 113 g/mol. The molecule has 0 fully saturated rings. The maximum atomic E-state index is 2.30. The van der Waals surface area contributed by atoms with Gasteiger partial charge < -0.3 is 0 Å². The van der Waals surface area contributed by atoms with E-state index in [9.17, 15) is 0 Å². The fourth-order valence-corrected chi connectivity index (χ4v) is 0.644. The Morgan fingerprint density at radius 3 is 1.88 bits per heavy atom. The first-order valence-electron chi connectivity index (χ1n) is 3.46. The fraction of sp³-hybridized carbons (Fsp3) is 0.875. The van der Waals surface area contributed by atoms with Crippen LogP contribution in [0.25, 0.3) is 0 Å². The summed E-state index contributed by atoms with van der Waals surface area (Å²) >= 11 is 0. The van der Waals surface area contributed by atoms with Gasteiger partial charge in [-0.1, -0.05) is 27.7 Å². The van der Waals surface area contributed by atoms with E-state index in [-0.39, 0.29) is 0 Å². The second kappa shape index (κ2) is 3.94. The van der Waals surface area contributed by atoms with Crippen molar-refractivity contribution in [3.05, 3.63) is 6.42 Å². The van der Waals surface area contributed by atoms with E-state index in [2.05, 4.69) is 34.1 Å². The van der Waals surface area contributed by atoms with Crippen molar-refractivity contribution in [3.8, 4) is 0 Å². The largest absolute Gasteiger partial charge is 0.0625 e. The highest BCUT2D eigenvalue weighted by Gasteiger charge is 2.03.